The Morgan fingerprint density at radius 1 is 0.897 bits per heavy atom. The molecule has 29 heavy (non-hydrogen) atoms. The summed E-state index contributed by atoms with van der Waals surface area (Å²) in [6.07, 6.45) is 2.48. The van der Waals surface area contributed by atoms with E-state index in [1.807, 2.05) is 0 Å². The van der Waals surface area contributed by atoms with E-state index in [4.69, 9.17) is 18.9 Å². The van der Waals surface area contributed by atoms with E-state index in [0.29, 0.717) is 38.8 Å². The molecule has 1 aromatic rings. The molecule has 2 aliphatic heterocycles. The number of benzene rings is 1. The minimum Gasteiger partial charge on any atom is -0.429 e. The summed E-state index contributed by atoms with van der Waals surface area (Å²) in [6, 6.07) is 1.75. The van der Waals surface area contributed by atoms with E-state index >= 15 is 0 Å². The van der Waals surface area contributed by atoms with Gasteiger partial charge in [-0.3, -0.25) is 0 Å². The molecule has 2 fully saturated rings. The topological polar surface area (TPSA) is 46.2 Å². The maximum absolute atomic E-state index is 13.9. The highest BCUT2D eigenvalue weighted by Crippen LogP contribution is 2.32. The van der Waals surface area contributed by atoms with Crippen molar-refractivity contribution in [3.8, 4) is 5.75 Å². The van der Waals surface area contributed by atoms with E-state index in [2.05, 4.69) is 11.7 Å². The monoisotopic (exact) mass is 422 g/mol. The lowest BCUT2D eigenvalue weighted by Crippen LogP contribution is -2.33. The predicted octanol–water partition coefficient (Wildman–Crippen LogP) is 4.80. The lowest BCUT2D eigenvalue weighted by atomic mass is 10.0. The molecule has 0 amide bonds. The molecule has 5 nitrogen and oxygen atoms in total. The summed E-state index contributed by atoms with van der Waals surface area (Å²) >= 11 is 0. The van der Waals surface area contributed by atoms with Crippen molar-refractivity contribution in [2.75, 3.05) is 26.4 Å². The van der Waals surface area contributed by atoms with Gasteiger partial charge in [-0.25, -0.2) is 8.78 Å². The van der Waals surface area contributed by atoms with Gasteiger partial charge in [-0.15, -0.1) is 0 Å². The number of alkyl halides is 2. The Kier molecular flexibility index (Phi) is 8.11. The van der Waals surface area contributed by atoms with Crippen molar-refractivity contribution in [3.05, 3.63) is 29.3 Å². The van der Waals surface area contributed by atoms with E-state index in [9.17, 15) is 17.6 Å². The molecule has 0 atom stereocenters. The first-order valence-corrected chi connectivity index (χ1v) is 9.86. The highest BCUT2D eigenvalue weighted by atomic mass is 19.3. The van der Waals surface area contributed by atoms with Gasteiger partial charge in [0, 0.05) is 17.4 Å². The van der Waals surface area contributed by atoms with Crippen molar-refractivity contribution in [2.45, 2.75) is 51.8 Å². The van der Waals surface area contributed by atoms with Crippen LogP contribution in [0.3, 0.4) is 0 Å². The highest BCUT2D eigenvalue weighted by molar-refractivity contribution is 5.32. The molecule has 0 radical (unpaired) electrons. The van der Waals surface area contributed by atoms with Gasteiger partial charge in [-0.05, 0) is 31.4 Å². The SMILES string of the molecule is CCC[C@H]1CO[C@H](CC[C@H]2CO[C@H](c3cc(F)c(OC(F)F)c(F)c3)OC2)OC1. The van der Waals surface area contributed by atoms with Gasteiger partial charge in [0.05, 0.1) is 26.4 Å². The van der Waals surface area contributed by atoms with Crippen LogP contribution < -0.4 is 4.74 Å². The maximum Gasteiger partial charge on any atom is 0.387 e. The molecule has 0 aliphatic carbocycles. The number of rotatable bonds is 8. The third kappa shape index (κ3) is 6.28. The Hall–Kier alpha value is -1.42. The van der Waals surface area contributed by atoms with Crippen LogP contribution in [0.5, 0.6) is 5.75 Å². The maximum atomic E-state index is 13.9. The fourth-order valence-corrected chi connectivity index (χ4v) is 3.52. The zero-order chi connectivity index (χ0) is 20.8. The highest BCUT2D eigenvalue weighted by Gasteiger charge is 2.28. The predicted molar refractivity (Wildman–Crippen MR) is 94.4 cm³/mol. The summed E-state index contributed by atoms with van der Waals surface area (Å²) in [5, 5.41) is 0. The second-order valence-electron chi connectivity index (χ2n) is 7.39. The first kappa shape index (κ1) is 22.3. The van der Waals surface area contributed by atoms with Crippen LogP contribution in [0.1, 0.15) is 44.5 Å². The molecule has 0 N–H and O–H groups in total. The van der Waals surface area contributed by atoms with Gasteiger partial charge in [-0.2, -0.15) is 8.78 Å². The van der Waals surface area contributed by atoms with Crippen molar-refractivity contribution < 1.29 is 41.2 Å². The zero-order valence-corrected chi connectivity index (χ0v) is 16.3. The van der Waals surface area contributed by atoms with Crippen molar-refractivity contribution in [1.82, 2.24) is 0 Å². The third-order valence-corrected chi connectivity index (χ3v) is 5.01. The fourth-order valence-electron chi connectivity index (χ4n) is 3.52. The Balaban J connectivity index is 1.44. The van der Waals surface area contributed by atoms with Gasteiger partial charge in [0.2, 0.25) is 0 Å². The molecule has 0 spiro atoms. The van der Waals surface area contributed by atoms with Crippen LogP contribution in [-0.2, 0) is 18.9 Å². The smallest absolute Gasteiger partial charge is 0.387 e. The molecular weight excluding hydrogens is 396 g/mol. The molecule has 2 saturated heterocycles. The molecule has 3 rings (SSSR count). The summed E-state index contributed by atoms with van der Waals surface area (Å²) in [6.45, 7) is 0.920. The standard InChI is InChI=1S/C20H26F4O5/c1-2-3-12-8-25-17(26-9-12)5-4-13-10-27-19(28-11-13)14-6-15(21)18(16(22)7-14)29-20(23)24/h6-7,12-13,17,19-20H,2-5,8-11H2,1H3/t12-,13-,17-,19-. The van der Waals surface area contributed by atoms with Crippen LogP contribution in [0, 0.1) is 23.5 Å². The average Bonchev–Trinajstić information content (AvgIpc) is 2.70. The van der Waals surface area contributed by atoms with Gasteiger partial charge in [0.15, 0.2) is 30.0 Å². The average molecular weight is 422 g/mol. The van der Waals surface area contributed by atoms with Gasteiger partial charge in [0.25, 0.3) is 0 Å². The normalized spacial score (nSPS) is 27.9. The molecule has 0 saturated carbocycles. The van der Waals surface area contributed by atoms with Crippen molar-refractivity contribution in [3.63, 3.8) is 0 Å². The Labute approximate surface area is 167 Å². The van der Waals surface area contributed by atoms with E-state index < -0.39 is 30.3 Å². The van der Waals surface area contributed by atoms with Crippen molar-refractivity contribution in [2.24, 2.45) is 11.8 Å². The first-order chi connectivity index (χ1) is 14.0. The van der Waals surface area contributed by atoms with E-state index in [1.165, 1.54) is 0 Å². The summed E-state index contributed by atoms with van der Waals surface area (Å²) in [4.78, 5) is 0. The molecule has 1 aromatic carbocycles. The van der Waals surface area contributed by atoms with Gasteiger partial charge >= 0.3 is 6.61 Å². The molecule has 0 bridgehead atoms. The third-order valence-electron chi connectivity index (χ3n) is 5.01. The number of halogens is 4. The summed E-state index contributed by atoms with van der Waals surface area (Å²) in [7, 11) is 0. The lowest BCUT2D eigenvalue weighted by Gasteiger charge is -2.32. The Bertz CT molecular complexity index is 621. The van der Waals surface area contributed by atoms with Crippen LogP contribution >= 0.6 is 0 Å². The van der Waals surface area contributed by atoms with Crippen LogP contribution in [0.15, 0.2) is 12.1 Å². The number of hydrogen-bond acceptors (Lipinski definition) is 5. The van der Waals surface area contributed by atoms with Crippen LogP contribution in [0.4, 0.5) is 17.6 Å². The largest absolute Gasteiger partial charge is 0.429 e. The quantitative estimate of drug-likeness (QED) is 0.564. The van der Waals surface area contributed by atoms with Gasteiger partial charge in [0.1, 0.15) is 0 Å². The van der Waals surface area contributed by atoms with Crippen molar-refractivity contribution >= 4 is 0 Å². The minimum atomic E-state index is -3.32. The summed E-state index contributed by atoms with van der Waals surface area (Å²) in [5.74, 6) is -3.03. The number of ether oxygens (including phenoxy) is 5. The summed E-state index contributed by atoms with van der Waals surface area (Å²) < 4.78 is 78.6. The van der Waals surface area contributed by atoms with E-state index in [1.54, 1.807) is 0 Å². The van der Waals surface area contributed by atoms with Gasteiger partial charge < -0.3 is 23.7 Å². The Morgan fingerprint density at radius 3 is 2.00 bits per heavy atom. The number of hydrogen-bond donors (Lipinski definition) is 0. The molecule has 2 aliphatic rings. The molecule has 164 valence electrons. The molecule has 9 heteroatoms. The Morgan fingerprint density at radius 2 is 1.45 bits per heavy atom. The molecule has 0 aromatic heterocycles. The van der Waals surface area contributed by atoms with E-state index in [0.717, 1.165) is 31.4 Å². The molecular formula is C20H26F4O5. The fraction of sp³-hybridized carbons (Fsp3) is 0.700. The molecule has 2 heterocycles. The first-order valence-electron chi connectivity index (χ1n) is 9.86. The second kappa shape index (κ2) is 10.6. The van der Waals surface area contributed by atoms with E-state index in [-0.39, 0.29) is 17.8 Å². The van der Waals surface area contributed by atoms with Crippen LogP contribution in [0.2, 0.25) is 0 Å². The van der Waals surface area contributed by atoms with Crippen LogP contribution in [-0.4, -0.2) is 39.3 Å². The minimum absolute atomic E-state index is 0.0704. The zero-order valence-electron chi connectivity index (χ0n) is 16.3. The van der Waals surface area contributed by atoms with Crippen LogP contribution in [0.25, 0.3) is 0 Å². The summed E-state index contributed by atoms with van der Waals surface area (Å²) in [5.41, 5.74) is 0.0704. The van der Waals surface area contributed by atoms with Gasteiger partial charge in [-0.1, -0.05) is 13.3 Å². The molecule has 0 unspecified atom stereocenters. The van der Waals surface area contributed by atoms with Crippen molar-refractivity contribution in [1.29, 1.82) is 0 Å². The second-order valence-corrected chi connectivity index (χ2v) is 7.39. The lowest BCUT2D eigenvalue weighted by molar-refractivity contribution is -0.220.